The van der Waals surface area contributed by atoms with Gasteiger partial charge in [0.25, 0.3) is 17.5 Å². The number of hydrogen-bond acceptors (Lipinski definition) is 4. The monoisotopic (exact) mass is 650 g/mol. The Morgan fingerprint density at radius 2 is 1.80 bits per heavy atom. The highest BCUT2D eigenvalue weighted by molar-refractivity contribution is 7.18. The van der Waals surface area contributed by atoms with Crippen LogP contribution in [0.4, 0.5) is 22.0 Å². The van der Waals surface area contributed by atoms with Crippen LogP contribution in [0.5, 0.6) is 5.75 Å². The highest BCUT2D eigenvalue weighted by Gasteiger charge is 2.29. The Morgan fingerprint density at radius 1 is 1.13 bits per heavy atom. The number of alkyl halides is 5. The van der Waals surface area contributed by atoms with Gasteiger partial charge in [0.15, 0.2) is 0 Å². The number of benzene rings is 2. The third kappa shape index (κ3) is 9.36. The summed E-state index contributed by atoms with van der Waals surface area (Å²) in [5, 5.41) is 7.20. The van der Waals surface area contributed by atoms with E-state index in [1.165, 1.54) is 21.4 Å². The fraction of sp³-hybridized carbons (Fsp3) is 0.406. The molecule has 0 spiro atoms. The van der Waals surface area contributed by atoms with Gasteiger partial charge in [0.05, 0.1) is 11.6 Å². The number of nitrogens with zero attached hydrogens (tertiary/aromatic N) is 3. The van der Waals surface area contributed by atoms with Gasteiger partial charge in [-0.05, 0) is 74.6 Å². The highest BCUT2D eigenvalue weighted by Crippen LogP contribution is 2.31. The van der Waals surface area contributed by atoms with Crippen molar-refractivity contribution in [1.82, 2.24) is 20.0 Å². The van der Waals surface area contributed by atoms with E-state index >= 15 is 0 Å². The molecule has 4 rings (SSSR count). The maximum Gasteiger partial charge on any atom is 0.405 e. The minimum Gasteiger partial charge on any atom is -0.490 e. The summed E-state index contributed by atoms with van der Waals surface area (Å²) in [6, 6.07) is 9.96. The molecular formula is C32H36F5N4O3P. The summed E-state index contributed by atoms with van der Waals surface area (Å²) in [5.41, 5.74) is -1.43. The number of aryl methyl sites for hydroxylation is 1. The number of halogens is 5. The Morgan fingerprint density at radius 3 is 2.42 bits per heavy atom. The number of fused-ring (bicyclic) bond motifs is 1. The zero-order valence-electron chi connectivity index (χ0n) is 25.0. The average Bonchev–Trinajstić information content (AvgIpc) is 3.39. The second kappa shape index (κ2) is 14.1. The summed E-state index contributed by atoms with van der Waals surface area (Å²) in [7, 11) is 1.45. The van der Waals surface area contributed by atoms with Crippen molar-refractivity contribution in [1.29, 1.82) is 0 Å². The van der Waals surface area contributed by atoms with Crippen molar-refractivity contribution in [2.45, 2.75) is 57.6 Å². The Hall–Kier alpha value is -3.79. The summed E-state index contributed by atoms with van der Waals surface area (Å²) in [4.78, 5) is 27.2. The van der Waals surface area contributed by atoms with E-state index in [0.717, 1.165) is 12.8 Å². The predicted molar refractivity (Wildman–Crippen MR) is 166 cm³/mol. The van der Waals surface area contributed by atoms with Gasteiger partial charge in [0.2, 0.25) is 0 Å². The number of nitrogens with one attached hydrogen (secondary N) is 1. The van der Waals surface area contributed by atoms with Gasteiger partial charge in [-0.1, -0.05) is 28.0 Å². The molecule has 13 heteroatoms. The van der Waals surface area contributed by atoms with Crippen molar-refractivity contribution in [3.8, 4) is 5.75 Å². The van der Waals surface area contributed by atoms with E-state index in [2.05, 4.69) is 11.7 Å². The van der Waals surface area contributed by atoms with Crippen molar-refractivity contribution in [3.63, 3.8) is 0 Å². The Kier molecular flexibility index (Phi) is 10.7. The van der Waals surface area contributed by atoms with Gasteiger partial charge in [-0.25, -0.2) is 0 Å². The largest absolute Gasteiger partial charge is 0.490 e. The van der Waals surface area contributed by atoms with Gasteiger partial charge < -0.3 is 15.0 Å². The molecule has 2 heterocycles. The molecule has 1 saturated heterocycles. The smallest absolute Gasteiger partial charge is 0.405 e. The lowest BCUT2D eigenvalue weighted by atomic mass is 9.96. The zero-order chi connectivity index (χ0) is 32.9. The SMILES string of the molecule is C=C(/C=C\CC(C)Oc1ccc(C(=O)N2CCC(Cn3cc4c(C)c(C(=O)NCC(F)(F)F)ccc4n3)CC2)cc1)C(F)(F)P. The van der Waals surface area contributed by atoms with E-state index in [4.69, 9.17) is 4.74 Å². The molecule has 1 aliphatic rings. The Labute approximate surface area is 260 Å². The molecule has 1 aliphatic heterocycles. The van der Waals surface area contributed by atoms with Crippen LogP contribution in [-0.2, 0) is 6.54 Å². The molecule has 0 bridgehead atoms. The number of carbonyl (C=O) groups excluding carboxylic acids is 2. The van der Waals surface area contributed by atoms with Gasteiger partial charge >= 0.3 is 6.18 Å². The quantitative estimate of drug-likeness (QED) is 0.139. The normalized spacial score (nSPS) is 15.4. The van der Waals surface area contributed by atoms with E-state index in [9.17, 15) is 31.5 Å². The Balaban J connectivity index is 1.27. The Bertz CT molecular complexity index is 1560. The minimum absolute atomic E-state index is 0.0790. The molecule has 1 N–H and O–H groups in total. The van der Waals surface area contributed by atoms with Gasteiger partial charge in [-0.2, -0.15) is 27.1 Å². The van der Waals surface area contributed by atoms with Crippen molar-refractivity contribution in [2.75, 3.05) is 19.6 Å². The third-order valence-electron chi connectivity index (χ3n) is 7.70. The number of ether oxygens (including phenoxy) is 1. The lowest BCUT2D eigenvalue weighted by molar-refractivity contribution is -0.123. The van der Waals surface area contributed by atoms with Crippen molar-refractivity contribution < 1.29 is 36.3 Å². The molecule has 2 amide bonds. The molecule has 3 aromatic rings. The molecule has 2 aromatic carbocycles. The van der Waals surface area contributed by atoms with Crippen LogP contribution in [-0.4, -0.2) is 64.1 Å². The molecular weight excluding hydrogens is 614 g/mol. The number of rotatable bonds is 11. The van der Waals surface area contributed by atoms with Gasteiger partial charge in [-0.15, -0.1) is 0 Å². The van der Waals surface area contributed by atoms with Crippen LogP contribution < -0.4 is 10.1 Å². The topological polar surface area (TPSA) is 76.5 Å². The van der Waals surface area contributed by atoms with Crippen LogP contribution in [0.15, 0.2) is 66.9 Å². The van der Waals surface area contributed by atoms with Crippen LogP contribution in [0.3, 0.4) is 0 Å². The lowest BCUT2D eigenvalue weighted by Crippen LogP contribution is -2.39. The number of allylic oxidation sites excluding steroid dienone is 2. The second-order valence-electron chi connectivity index (χ2n) is 11.3. The standard InChI is InChI=1S/C32H36F5N4O3P/c1-20(32(36,37)45)5-4-6-21(2)44-25-9-7-24(8-10-25)30(43)40-15-13-23(14-16-40)17-41-18-27-22(3)26(11-12-28(27)39-41)29(42)38-19-31(33,34)35/h4-5,7-12,18,21,23H,1,6,13-17,19,45H2,2-3H3,(H,38,42)/b5-4-. The molecule has 2 atom stereocenters. The predicted octanol–water partition coefficient (Wildman–Crippen LogP) is 6.93. The third-order valence-corrected chi connectivity index (χ3v) is 8.07. The van der Waals surface area contributed by atoms with Crippen LogP contribution >= 0.6 is 9.24 Å². The van der Waals surface area contributed by atoms with Crippen molar-refractivity contribution in [2.24, 2.45) is 5.92 Å². The number of piperidine rings is 1. The van der Waals surface area contributed by atoms with Crippen LogP contribution in [0.1, 0.15) is 52.5 Å². The van der Waals surface area contributed by atoms with E-state index in [-0.39, 0.29) is 29.1 Å². The van der Waals surface area contributed by atoms with Gasteiger partial charge in [0, 0.05) is 54.3 Å². The van der Waals surface area contributed by atoms with E-state index in [1.807, 2.05) is 23.3 Å². The molecule has 2 unspecified atom stereocenters. The van der Waals surface area contributed by atoms with Crippen LogP contribution in [0.2, 0.25) is 0 Å². The first kappa shape index (κ1) is 34.1. The fourth-order valence-electron chi connectivity index (χ4n) is 5.13. The van der Waals surface area contributed by atoms with Crippen LogP contribution in [0, 0.1) is 12.8 Å². The highest BCUT2D eigenvalue weighted by atomic mass is 31.0. The summed E-state index contributed by atoms with van der Waals surface area (Å²) in [6.45, 7) is 7.23. The molecule has 0 aliphatic carbocycles. The zero-order valence-corrected chi connectivity index (χ0v) is 26.2. The maximum atomic E-state index is 13.2. The van der Waals surface area contributed by atoms with Gasteiger partial charge in [0.1, 0.15) is 12.3 Å². The summed E-state index contributed by atoms with van der Waals surface area (Å²) in [5.74, 6) is -0.0302. The lowest BCUT2D eigenvalue weighted by Gasteiger charge is -2.32. The number of likely N-dealkylation sites (tertiary alicyclic amines) is 1. The first-order valence-electron chi connectivity index (χ1n) is 14.5. The number of carbonyl (C=O) groups is 2. The minimum atomic E-state index is -4.49. The number of amides is 2. The average molecular weight is 651 g/mol. The summed E-state index contributed by atoms with van der Waals surface area (Å²) >= 11 is 0. The fourth-order valence-corrected chi connectivity index (χ4v) is 5.23. The summed E-state index contributed by atoms with van der Waals surface area (Å²) in [6.07, 6.45) is 1.87. The maximum absolute atomic E-state index is 13.2. The molecule has 45 heavy (non-hydrogen) atoms. The molecule has 242 valence electrons. The molecule has 1 aromatic heterocycles. The van der Waals surface area contributed by atoms with E-state index < -0.39 is 24.3 Å². The summed E-state index contributed by atoms with van der Waals surface area (Å²) < 4.78 is 71.5. The number of aromatic nitrogens is 2. The van der Waals surface area contributed by atoms with Crippen LogP contribution in [0.25, 0.3) is 10.9 Å². The first-order chi connectivity index (χ1) is 21.1. The van der Waals surface area contributed by atoms with Crippen molar-refractivity contribution >= 4 is 32.0 Å². The molecule has 1 fully saturated rings. The second-order valence-corrected chi connectivity index (χ2v) is 12.0. The molecule has 0 radical (unpaired) electrons. The van der Waals surface area contributed by atoms with Gasteiger partial charge in [-0.3, -0.25) is 14.3 Å². The van der Waals surface area contributed by atoms with E-state index in [0.29, 0.717) is 53.8 Å². The van der Waals surface area contributed by atoms with E-state index in [1.54, 1.807) is 48.0 Å². The molecule has 0 saturated carbocycles. The van der Waals surface area contributed by atoms with Crippen molar-refractivity contribution in [3.05, 3.63) is 83.6 Å². The number of hydrogen-bond donors (Lipinski definition) is 1. The molecule has 7 nitrogen and oxygen atoms in total. The first-order valence-corrected chi connectivity index (χ1v) is 15.1.